The second kappa shape index (κ2) is 8.27. The van der Waals surface area contributed by atoms with Gasteiger partial charge in [-0.2, -0.15) is 0 Å². The Labute approximate surface area is 151 Å². The molecule has 1 amide bonds. The molecule has 0 radical (unpaired) electrons. The van der Waals surface area contributed by atoms with Crippen molar-refractivity contribution in [3.05, 3.63) is 52.4 Å². The molecule has 0 aliphatic heterocycles. The van der Waals surface area contributed by atoms with Gasteiger partial charge in [-0.05, 0) is 42.2 Å². The van der Waals surface area contributed by atoms with Gasteiger partial charge >= 0.3 is 5.97 Å². The Morgan fingerprint density at radius 2 is 2.00 bits per heavy atom. The van der Waals surface area contributed by atoms with Crippen molar-refractivity contribution in [1.82, 2.24) is 0 Å². The van der Waals surface area contributed by atoms with Crippen LogP contribution in [0.2, 0.25) is 0 Å². The van der Waals surface area contributed by atoms with Gasteiger partial charge in [0.25, 0.3) is 5.91 Å². The summed E-state index contributed by atoms with van der Waals surface area (Å²) in [6.07, 6.45) is 2.16. The number of carbonyl (C=O) groups is 2. The van der Waals surface area contributed by atoms with E-state index in [1.165, 1.54) is 11.3 Å². The van der Waals surface area contributed by atoms with Gasteiger partial charge in [-0.25, -0.2) is 4.79 Å². The molecule has 132 valence electrons. The zero-order chi connectivity index (χ0) is 17.6. The van der Waals surface area contributed by atoms with E-state index in [-0.39, 0.29) is 18.5 Å². The first-order chi connectivity index (χ1) is 12.2. The van der Waals surface area contributed by atoms with Crippen LogP contribution in [-0.2, 0) is 20.9 Å². The number of hydrogen-bond acceptors (Lipinski definition) is 5. The molecule has 1 N–H and O–H groups in total. The highest BCUT2D eigenvalue weighted by atomic mass is 32.1. The molecule has 1 saturated carbocycles. The Hall–Kier alpha value is -2.18. The topological polar surface area (TPSA) is 64.6 Å². The molecule has 1 aromatic carbocycles. The summed E-state index contributed by atoms with van der Waals surface area (Å²) in [5, 5.41) is 5.29. The molecule has 0 saturated heterocycles. The molecular weight excluding hydrogens is 338 g/mol. The van der Waals surface area contributed by atoms with E-state index in [0.29, 0.717) is 29.7 Å². The standard InChI is InChI=1S/C19H21NO4S/c1-2-24-19(22)17-15(14-8-9-14)12-25-18(17)20-16(21)11-23-10-13-6-4-3-5-7-13/h3-7,12,14H,2,8-11H2,1H3,(H,20,21). The molecule has 0 unspecified atom stereocenters. The van der Waals surface area contributed by atoms with Crippen LogP contribution in [0, 0.1) is 0 Å². The minimum absolute atomic E-state index is 0.0617. The number of amides is 1. The van der Waals surface area contributed by atoms with Gasteiger partial charge in [-0.1, -0.05) is 30.3 Å². The lowest BCUT2D eigenvalue weighted by Crippen LogP contribution is -2.19. The fourth-order valence-corrected chi connectivity index (χ4v) is 3.62. The van der Waals surface area contributed by atoms with E-state index >= 15 is 0 Å². The number of esters is 1. The van der Waals surface area contributed by atoms with Gasteiger partial charge in [0.2, 0.25) is 0 Å². The molecule has 2 aromatic rings. The van der Waals surface area contributed by atoms with Crippen molar-refractivity contribution >= 4 is 28.2 Å². The van der Waals surface area contributed by atoms with Crippen LogP contribution in [0.1, 0.15) is 47.2 Å². The van der Waals surface area contributed by atoms with Gasteiger partial charge in [0.05, 0.1) is 18.8 Å². The molecule has 0 spiro atoms. The molecule has 1 aliphatic rings. The van der Waals surface area contributed by atoms with E-state index in [0.717, 1.165) is 24.0 Å². The minimum Gasteiger partial charge on any atom is -0.462 e. The maximum Gasteiger partial charge on any atom is 0.341 e. The van der Waals surface area contributed by atoms with E-state index in [4.69, 9.17) is 9.47 Å². The van der Waals surface area contributed by atoms with E-state index in [2.05, 4.69) is 5.32 Å². The SMILES string of the molecule is CCOC(=O)c1c(C2CC2)csc1NC(=O)COCc1ccccc1. The lowest BCUT2D eigenvalue weighted by Gasteiger charge is -2.09. The zero-order valence-corrected chi connectivity index (χ0v) is 14.9. The third-order valence-corrected chi connectivity index (χ3v) is 4.83. The number of hydrogen-bond donors (Lipinski definition) is 1. The van der Waals surface area contributed by atoms with Gasteiger partial charge in [-0.3, -0.25) is 4.79 Å². The lowest BCUT2D eigenvalue weighted by molar-refractivity contribution is -0.120. The summed E-state index contributed by atoms with van der Waals surface area (Å²) in [6.45, 7) is 2.40. The molecule has 3 rings (SSSR count). The second-order valence-corrected chi connectivity index (χ2v) is 6.80. The van der Waals surface area contributed by atoms with Crippen molar-refractivity contribution in [2.24, 2.45) is 0 Å². The van der Waals surface area contributed by atoms with Gasteiger partial charge < -0.3 is 14.8 Å². The quantitative estimate of drug-likeness (QED) is 0.725. The van der Waals surface area contributed by atoms with Crippen LogP contribution in [0.25, 0.3) is 0 Å². The second-order valence-electron chi connectivity index (χ2n) is 5.92. The summed E-state index contributed by atoms with van der Waals surface area (Å²) in [5.74, 6) is -0.229. The highest BCUT2D eigenvalue weighted by Gasteiger charge is 2.32. The summed E-state index contributed by atoms with van der Waals surface area (Å²) in [4.78, 5) is 24.4. The van der Waals surface area contributed by atoms with Crippen LogP contribution in [0.3, 0.4) is 0 Å². The van der Waals surface area contributed by atoms with Crippen LogP contribution >= 0.6 is 11.3 Å². The van der Waals surface area contributed by atoms with Crippen LogP contribution in [-0.4, -0.2) is 25.1 Å². The van der Waals surface area contributed by atoms with E-state index < -0.39 is 0 Å². The van der Waals surface area contributed by atoms with Crippen LogP contribution in [0.4, 0.5) is 5.00 Å². The summed E-state index contributed by atoms with van der Waals surface area (Å²) in [6, 6.07) is 9.67. The van der Waals surface area contributed by atoms with Crippen molar-refractivity contribution in [1.29, 1.82) is 0 Å². The largest absolute Gasteiger partial charge is 0.462 e. The molecule has 1 aliphatic carbocycles. The monoisotopic (exact) mass is 359 g/mol. The van der Waals surface area contributed by atoms with Crippen molar-refractivity contribution in [2.75, 3.05) is 18.5 Å². The Morgan fingerprint density at radius 3 is 2.68 bits per heavy atom. The zero-order valence-electron chi connectivity index (χ0n) is 14.1. The molecule has 1 fully saturated rings. The molecule has 0 atom stereocenters. The highest BCUT2D eigenvalue weighted by Crippen LogP contribution is 2.46. The number of rotatable bonds is 8. The molecule has 25 heavy (non-hydrogen) atoms. The Bertz CT molecular complexity index is 737. The number of carbonyl (C=O) groups excluding carboxylic acids is 2. The Kier molecular flexibility index (Phi) is 5.83. The van der Waals surface area contributed by atoms with Gasteiger partial charge in [0.1, 0.15) is 11.6 Å². The third kappa shape index (κ3) is 4.67. The smallest absolute Gasteiger partial charge is 0.341 e. The Balaban J connectivity index is 1.59. The van der Waals surface area contributed by atoms with Crippen molar-refractivity contribution < 1.29 is 19.1 Å². The number of benzene rings is 1. The number of thiophene rings is 1. The highest BCUT2D eigenvalue weighted by molar-refractivity contribution is 7.15. The average Bonchev–Trinajstić information content (AvgIpc) is 3.37. The van der Waals surface area contributed by atoms with E-state index in [1.54, 1.807) is 6.92 Å². The first-order valence-electron chi connectivity index (χ1n) is 8.39. The predicted octanol–water partition coefficient (Wildman–Crippen LogP) is 3.96. The minimum atomic E-state index is -0.369. The van der Waals surface area contributed by atoms with Gasteiger partial charge in [0.15, 0.2) is 0 Å². The summed E-state index contributed by atoms with van der Waals surface area (Å²) < 4.78 is 10.6. The normalized spacial score (nSPS) is 13.5. The summed E-state index contributed by atoms with van der Waals surface area (Å²) in [5.41, 5.74) is 2.50. The van der Waals surface area contributed by atoms with Crippen LogP contribution in [0.5, 0.6) is 0 Å². The maximum atomic E-state index is 12.3. The molecule has 6 heteroatoms. The van der Waals surface area contributed by atoms with Crippen molar-refractivity contribution in [2.45, 2.75) is 32.3 Å². The van der Waals surface area contributed by atoms with Crippen LogP contribution < -0.4 is 5.32 Å². The first-order valence-corrected chi connectivity index (χ1v) is 9.27. The molecule has 5 nitrogen and oxygen atoms in total. The average molecular weight is 359 g/mol. The van der Waals surface area contributed by atoms with Gasteiger partial charge in [-0.15, -0.1) is 11.3 Å². The first kappa shape index (κ1) is 17.6. The lowest BCUT2D eigenvalue weighted by atomic mass is 10.1. The number of nitrogens with one attached hydrogen (secondary N) is 1. The molecule has 0 bridgehead atoms. The van der Waals surface area contributed by atoms with Crippen molar-refractivity contribution in [3.8, 4) is 0 Å². The Morgan fingerprint density at radius 1 is 1.24 bits per heavy atom. The summed E-state index contributed by atoms with van der Waals surface area (Å²) >= 11 is 1.37. The predicted molar refractivity (Wildman–Crippen MR) is 97.0 cm³/mol. The van der Waals surface area contributed by atoms with Crippen molar-refractivity contribution in [3.63, 3.8) is 0 Å². The fraction of sp³-hybridized carbons (Fsp3) is 0.368. The molecule has 1 heterocycles. The maximum absolute atomic E-state index is 12.3. The number of ether oxygens (including phenoxy) is 2. The van der Waals surface area contributed by atoms with E-state index in [1.807, 2.05) is 35.7 Å². The van der Waals surface area contributed by atoms with E-state index in [9.17, 15) is 9.59 Å². The fourth-order valence-electron chi connectivity index (χ4n) is 2.57. The molecule has 1 aromatic heterocycles. The van der Waals surface area contributed by atoms with Gasteiger partial charge in [0, 0.05) is 0 Å². The summed E-state index contributed by atoms with van der Waals surface area (Å²) in [7, 11) is 0. The third-order valence-electron chi connectivity index (χ3n) is 3.91. The molecular formula is C19H21NO4S. The number of anilines is 1. The van der Waals surface area contributed by atoms with Crippen LogP contribution in [0.15, 0.2) is 35.7 Å².